The van der Waals surface area contributed by atoms with Crippen LogP contribution in [0.15, 0.2) is 24.8 Å². The Bertz CT molecular complexity index is 407. The molecule has 0 fully saturated rings. The highest BCUT2D eigenvalue weighted by Gasteiger charge is 2.13. The van der Waals surface area contributed by atoms with Crippen LogP contribution in [-0.4, -0.2) is 19.2 Å². The molecule has 0 bridgehead atoms. The molecule has 0 aliphatic heterocycles. The molecular formula is C12H12I2O3. The highest BCUT2D eigenvalue weighted by molar-refractivity contribution is 14.1. The molecule has 0 aromatic heterocycles. The van der Waals surface area contributed by atoms with Crippen molar-refractivity contribution in [2.75, 3.05) is 13.2 Å². The monoisotopic (exact) mass is 458 g/mol. The van der Waals surface area contributed by atoms with E-state index in [2.05, 4.69) is 51.8 Å². The van der Waals surface area contributed by atoms with Crippen molar-refractivity contribution in [3.8, 4) is 5.75 Å². The van der Waals surface area contributed by atoms with Crippen molar-refractivity contribution in [2.45, 2.75) is 6.92 Å². The Morgan fingerprint density at radius 2 is 2.00 bits per heavy atom. The normalized spacial score (nSPS) is 9.82. The zero-order chi connectivity index (χ0) is 12.8. The molecule has 1 aromatic carbocycles. The van der Waals surface area contributed by atoms with Gasteiger partial charge in [0.2, 0.25) is 0 Å². The Morgan fingerprint density at radius 1 is 1.41 bits per heavy atom. The summed E-state index contributed by atoms with van der Waals surface area (Å²) in [4.78, 5) is 11.6. The first-order valence-electron chi connectivity index (χ1n) is 5.00. The Hall–Kier alpha value is -0.310. The van der Waals surface area contributed by atoms with Gasteiger partial charge in [-0.25, -0.2) is 4.79 Å². The number of hydrogen-bond donors (Lipinski definition) is 0. The maximum atomic E-state index is 11.6. The highest BCUT2D eigenvalue weighted by Crippen LogP contribution is 2.29. The fourth-order valence-electron chi connectivity index (χ4n) is 1.17. The van der Waals surface area contributed by atoms with Crippen LogP contribution in [0.4, 0.5) is 0 Å². The van der Waals surface area contributed by atoms with Gasteiger partial charge in [-0.15, -0.1) is 0 Å². The van der Waals surface area contributed by atoms with Crippen molar-refractivity contribution in [1.29, 1.82) is 0 Å². The third-order valence-corrected chi connectivity index (χ3v) is 3.46. The topological polar surface area (TPSA) is 35.5 Å². The number of halogens is 2. The third kappa shape index (κ3) is 4.13. The Kier molecular flexibility index (Phi) is 6.24. The minimum Gasteiger partial charge on any atom is -0.487 e. The second kappa shape index (κ2) is 7.20. The Balaban J connectivity index is 3.00. The standard InChI is InChI=1S/C12H12I2O3/c1-3-5-17-11-9(13)6-8(7-10(11)14)12(15)16-4-2/h3,6-7H,1,4-5H2,2H3. The van der Waals surface area contributed by atoms with E-state index in [0.717, 1.165) is 12.9 Å². The van der Waals surface area contributed by atoms with Gasteiger partial charge in [0.1, 0.15) is 12.4 Å². The van der Waals surface area contributed by atoms with Crippen molar-refractivity contribution in [3.05, 3.63) is 37.5 Å². The minimum absolute atomic E-state index is 0.307. The van der Waals surface area contributed by atoms with Gasteiger partial charge in [-0.2, -0.15) is 0 Å². The molecule has 0 N–H and O–H groups in total. The summed E-state index contributed by atoms with van der Waals surface area (Å²) in [6.45, 7) is 6.21. The van der Waals surface area contributed by atoms with Crippen LogP contribution in [0.2, 0.25) is 0 Å². The fourth-order valence-corrected chi connectivity index (χ4v) is 3.25. The summed E-state index contributed by atoms with van der Waals surface area (Å²) >= 11 is 4.28. The zero-order valence-electron chi connectivity index (χ0n) is 9.33. The van der Waals surface area contributed by atoms with E-state index in [1.54, 1.807) is 25.1 Å². The van der Waals surface area contributed by atoms with Gasteiger partial charge in [-0.1, -0.05) is 12.7 Å². The number of ether oxygens (including phenoxy) is 2. The number of carbonyl (C=O) groups excluding carboxylic acids is 1. The molecule has 0 saturated heterocycles. The summed E-state index contributed by atoms with van der Waals surface area (Å²) in [6, 6.07) is 3.53. The van der Waals surface area contributed by atoms with E-state index < -0.39 is 0 Å². The molecule has 3 nitrogen and oxygen atoms in total. The van der Waals surface area contributed by atoms with Crippen molar-refractivity contribution in [2.24, 2.45) is 0 Å². The SMILES string of the molecule is C=CCOc1c(I)cc(C(=O)OCC)cc1I. The minimum atomic E-state index is -0.307. The van der Waals surface area contributed by atoms with Crippen LogP contribution in [0.1, 0.15) is 17.3 Å². The lowest BCUT2D eigenvalue weighted by molar-refractivity contribution is 0.0526. The summed E-state index contributed by atoms with van der Waals surface area (Å²) in [5, 5.41) is 0. The summed E-state index contributed by atoms with van der Waals surface area (Å²) in [6.07, 6.45) is 1.69. The van der Waals surface area contributed by atoms with Gasteiger partial charge in [0.25, 0.3) is 0 Å². The molecule has 0 unspecified atom stereocenters. The van der Waals surface area contributed by atoms with Gasteiger partial charge in [-0.3, -0.25) is 0 Å². The van der Waals surface area contributed by atoms with E-state index in [1.807, 2.05) is 0 Å². The highest BCUT2D eigenvalue weighted by atomic mass is 127. The second-order valence-electron chi connectivity index (χ2n) is 3.09. The van der Waals surface area contributed by atoms with Crippen LogP contribution in [-0.2, 0) is 4.74 Å². The summed E-state index contributed by atoms with van der Waals surface area (Å²) in [5.41, 5.74) is 0.548. The molecular weight excluding hydrogens is 446 g/mol. The van der Waals surface area contributed by atoms with Gasteiger partial charge in [-0.05, 0) is 64.2 Å². The maximum Gasteiger partial charge on any atom is 0.338 e. The molecule has 0 aliphatic rings. The predicted octanol–water partition coefficient (Wildman–Crippen LogP) is 3.64. The quantitative estimate of drug-likeness (QED) is 0.384. The number of esters is 1. The lowest BCUT2D eigenvalue weighted by Gasteiger charge is -2.10. The van der Waals surface area contributed by atoms with E-state index in [4.69, 9.17) is 9.47 Å². The summed E-state index contributed by atoms with van der Waals surface area (Å²) in [5.74, 6) is 0.470. The van der Waals surface area contributed by atoms with Crippen LogP contribution in [0.5, 0.6) is 5.75 Å². The van der Waals surface area contributed by atoms with Crippen molar-refractivity contribution >= 4 is 51.2 Å². The molecule has 92 valence electrons. The molecule has 0 spiro atoms. The van der Waals surface area contributed by atoms with E-state index in [0.29, 0.717) is 18.8 Å². The Labute approximate surface area is 128 Å². The third-order valence-electron chi connectivity index (χ3n) is 1.85. The van der Waals surface area contributed by atoms with Crippen molar-refractivity contribution in [1.82, 2.24) is 0 Å². The van der Waals surface area contributed by atoms with Crippen LogP contribution >= 0.6 is 45.2 Å². The first-order valence-corrected chi connectivity index (χ1v) is 7.15. The Morgan fingerprint density at radius 3 is 2.47 bits per heavy atom. The maximum absolute atomic E-state index is 11.6. The van der Waals surface area contributed by atoms with Crippen LogP contribution in [0.25, 0.3) is 0 Å². The van der Waals surface area contributed by atoms with E-state index in [9.17, 15) is 4.79 Å². The molecule has 0 radical (unpaired) electrons. The number of carbonyl (C=O) groups is 1. The van der Waals surface area contributed by atoms with Gasteiger partial charge in [0, 0.05) is 0 Å². The van der Waals surface area contributed by atoms with Gasteiger partial charge < -0.3 is 9.47 Å². The van der Waals surface area contributed by atoms with Crippen LogP contribution in [0, 0.1) is 7.14 Å². The number of benzene rings is 1. The molecule has 0 aliphatic carbocycles. The molecule has 1 aromatic rings. The molecule has 0 atom stereocenters. The first-order chi connectivity index (χ1) is 8.10. The fraction of sp³-hybridized carbons (Fsp3) is 0.250. The van der Waals surface area contributed by atoms with Gasteiger partial charge >= 0.3 is 5.97 Å². The van der Waals surface area contributed by atoms with Crippen molar-refractivity contribution in [3.63, 3.8) is 0 Å². The molecule has 0 saturated carbocycles. The molecule has 1 rings (SSSR count). The van der Waals surface area contributed by atoms with Gasteiger partial charge in [0.15, 0.2) is 0 Å². The van der Waals surface area contributed by atoms with Crippen LogP contribution in [0.3, 0.4) is 0 Å². The largest absolute Gasteiger partial charge is 0.487 e. The van der Waals surface area contributed by atoms with E-state index >= 15 is 0 Å². The smallest absolute Gasteiger partial charge is 0.338 e. The average molecular weight is 458 g/mol. The number of hydrogen-bond acceptors (Lipinski definition) is 3. The molecule has 17 heavy (non-hydrogen) atoms. The molecule has 0 amide bonds. The van der Waals surface area contributed by atoms with Crippen LogP contribution < -0.4 is 4.74 Å². The van der Waals surface area contributed by atoms with E-state index in [1.165, 1.54) is 0 Å². The second-order valence-corrected chi connectivity index (χ2v) is 5.41. The van der Waals surface area contributed by atoms with Crippen molar-refractivity contribution < 1.29 is 14.3 Å². The molecule has 0 heterocycles. The van der Waals surface area contributed by atoms with Gasteiger partial charge in [0.05, 0.1) is 19.3 Å². The van der Waals surface area contributed by atoms with E-state index in [-0.39, 0.29) is 5.97 Å². The summed E-state index contributed by atoms with van der Waals surface area (Å²) in [7, 11) is 0. The predicted molar refractivity (Wildman–Crippen MR) is 83.5 cm³/mol. The lowest BCUT2D eigenvalue weighted by Crippen LogP contribution is -2.07. The average Bonchev–Trinajstić information content (AvgIpc) is 2.28. The first kappa shape index (κ1) is 14.7. The lowest BCUT2D eigenvalue weighted by atomic mass is 10.2. The zero-order valence-corrected chi connectivity index (χ0v) is 13.6. The number of rotatable bonds is 5. The molecule has 5 heteroatoms. The summed E-state index contributed by atoms with van der Waals surface area (Å²) < 4.78 is 12.3.